The van der Waals surface area contributed by atoms with Gasteiger partial charge >= 0.3 is 0 Å². The van der Waals surface area contributed by atoms with Crippen molar-refractivity contribution >= 4 is 38.1 Å². The first-order valence-electron chi connectivity index (χ1n) is 9.61. The van der Waals surface area contributed by atoms with Crippen molar-refractivity contribution in [2.45, 2.75) is 4.90 Å². The van der Waals surface area contributed by atoms with Gasteiger partial charge in [0.05, 0.1) is 19.9 Å². The summed E-state index contributed by atoms with van der Waals surface area (Å²) in [6, 6.07) is 12.3. The highest BCUT2D eigenvalue weighted by Gasteiger charge is 2.32. The third-order valence-electron chi connectivity index (χ3n) is 5.13. The first kappa shape index (κ1) is 21.9. The zero-order chi connectivity index (χ0) is 22.0. The van der Waals surface area contributed by atoms with Gasteiger partial charge in [0.25, 0.3) is 0 Å². The van der Waals surface area contributed by atoms with E-state index in [1.165, 1.54) is 24.6 Å². The van der Waals surface area contributed by atoms with Crippen molar-refractivity contribution < 1.29 is 17.9 Å². The van der Waals surface area contributed by atoms with Crippen LogP contribution in [0.15, 0.2) is 52.7 Å². The molecule has 164 valence electrons. The third-order valence-corrected chi connectivity index (χ3v) is 8.20. The van der Waals surface area contributed by atoms with Crippen molar-refractivity contribution in [3.63, 3.8) is 0 Å². The summed E-state index contributed by atoms with van der Waals surface area (Å²) in [6.45, 7) is 1.83. The molecular formula is C21H22ClN3O4S2. The number of hydrogen-bond acceptors (Lipinski definition) is 7. The van der Waals surface area contributed by atoms with Crippen molar-refractivity contribution in [1.82, 2.24) is 9.29 Å². The Morgan fingerprint density at radius 1 is 1.00 bits per heavy atom. The average molecular weight is 480 g/mol. The van der Waals surface area contributed by atoms with Crippen LogP contribution in [0.1, 0.15) is 0 Å². The molecule has 0 unspecified atom stereocenters. The predicted molar refractivity (Wildman–Crippen MR) is 123 cm³/mol. The van der Waals surface area contributed by atoms with E-state index in [1.807, 2.05) is 29.6 Å². The van der Waals surface area contributed by atoms with Crippen LogP contribution in [-0.2, 0) is 10.0 Å². The van der Waals surface area contributed by atoms with Crippen LogP contribution < -0.4 is 14.4 Å². The molecule has 0 aliphatic carbocycles. The summed E-state index contributed by atoms with van der Waals surface area (Å²) in [6.07, 6.45) is 0. The summed E-state index contributed by atoms with van der Waals surface area (Å²) in [5, 5.41) is 3.56. The second-order valence-corrected chi connectivity index (χ2v) is 10.1. The predicted octanol–water partition coefficient (Wildman–Crippen LogP) is 3.99. The molecule has 1 aromatic heterocycles. The first-order valence-corrected chi connectivity index (χ1v) is 12.3. The smallest absolute Gasteiger partial charge is 0.247 e. The fourth-order valence-corrected chi connectivity index (χ4v) is 6.01. The summed E-state index contributed by atoms with van der Waals surface area (Å²) in [7, 11) is -0.752. The lowest BCUT2D eigenvalue weighted by Crippen LogP contribution is -2.48. The quantitative estimate of drug-likeness (QED) is 0.532. The van der Waals surface area contributed by atoms with E-state index < -0.39 is 10.0 Å². The highest BCUT2D eigenvalue weighted by Crippen LogP contribution is 2.33. The van der Waals surface area contributed by atoms with E-state index in [0.29, 0.717) is 42.7 Å². The Balaban J connectivity index is 1.48. The standard InChI is InChI=1S/C21H22ClN3O4S2/c1-28-17-7-8-19(29-2)20(13-17)31(26,27)25-11-9-24(10-12-25)21-23-18(14-30-21)15-3-5-16(22)6-4-15/h3-8,13-14H,9-12H2,1-2H3. The number of methoxy groups -OCH3 is 2. The van der Waals surface area contributed by atoms with E-state index >= 15 is 0 Å². The highest BCUT2D eigenvalue weighted by molar-refractivity contribution is 7.89. The van der Waals surface area contributed by atoms with Crippen LogP contribution in [0.25, 0.3) is 11.3 Å². The molecular weight excluding hydrogens is 458 g/mol. The maximum absolute atomic E-state index is 13.2. The lowest BCUT2D eigenvalue weighted by atomic mass is 10.2. The Labute approximate surface area is 190 Å². The zero-order valence-electron chi connectivity index (χ0n) is 17.1. The van der Waals surface area contributed by atoms with Gasteiger partial charge in [-0.25, -0.2) is 13.4 Å². The monoisotopic (exact) mass is 479 g/mol. The largest absolute Gasteiger partial charge is 0.497 e. The lowest BCUT2D eigenvalue weighted by Gasteiger charge is -2.34. The van der Waals surface area contributed by atoms with Gasteiger partial charge in [-0.15, -0.1) is 11.3 Å². The molecule has 1 aliphatic rings. The maximum atomic E-state index is 13.2. The van der Waals surface area contributed by atoms with Crippen LogP contribution in [0.3, 0.4) is 0 Å². The minimum atomic E-state index is -3.71. The Hall–Kier alpha value is -2.33. The Bertz CT molecular complexity index is 1160. The van der Waals surface area contributed by atoms with Gasteiger partial charge in [0, 0.05) is 48.2 Å². The third kappa shape index (κ3) is 4.50. The summed E-state index contributed by atoms with van der Waals surface area (Å²) < 4.78 is 38.4. The molecule has 1 fully saturated rings. The van der Waals surface area contributed by atoms with Crippen LogP contribution in [0.4, 0.5) is 5.13 Å². The van der Waals surface area contributed by atoms with E-state index in [2.05, 4.69) is 4.90 Å². The van der Waals surface area contributed by atoms with Gasteiger partial charge in [0.15, 0.2) is 5.13 Å². The van der Waals surface area contributed by atoms with Gasteiger partial charge in [-0.2, -0.15) is 4.31 Å². The molecule has 3 aromatic rings. The number of halogens is 1. The second-order valence-electron chi connectivity index (χ2n) is 6.93. The molecule has 31 heavy (non-hydrogen) atoms. The molecule has 0 spiro atoms. The van der Waals surface area contributed by atoms with Crippen molar-refractivity contribution in [1.29, 1.82) is 0 Å². The van der Waals surface area contributed by atoms with Gasteiger partial charge in [0.1, 0.15) is 16.4 Å². The number of aromatic nitrogens is 1. The number of nitrogens with zero attached hydrogens (tertiary/aromatic N) is 3. The van der Waals surface area contributed by atoms with E-state index in [9.17, 15) is 8.42 Å². The van der Waals surface area contributed by atoms with Crippen LogP contribution in [0.5, 0.6) is 11.5 Å². The topological polar surface area (TPSA) is 72.0 Å². The second kappa shape index (κ2) is 9.04. The fourth-order valence-electron chi connectivity index (χ4n) is 3.41. The Kier molecular flexibility index (Phi) is 6.38. The minimum Gasteiger partial charge on any atom is -0.497 e. The highest BCUT2D eigenvalue weighted by atomic mass is 35.5. The van der Waals surface area contributed by atoms with Crippen molar-refractivity contribution in [3.8, 4) is 22.8 Å². The van der Waals surface area contributed by atoms with E-state index in [-0.39, 0.29) is 4.90 Å². The van der Waals surface area contributed by atoms with E-state index in [1.54, 1.807) is 23.5 Å². The zero-order valence-corrected chi connectivity index (χ0v) is 19.5. The molecule has 10 heteroatoms. The molecule has 7 nitrogen and oxygen atoms in total. The molecule has 0 saturated carbocycles. The van der Waals surface area contributed by atoms with Crippen molar-refractivity contribution in [3.05, 3.63) is 52.9 Å². The van der Waals surface area contributed by atoms with Crippen LogP contribution in [-0.4, -0.2) is 58.1 Å². The summed E-state index contributed by atoms with van der Waals surface area (Å²) in [5.74, 6) is 0.770. The molecule has 0 radical (unpaired) electrons. The van der Waals surface area contributed by atoms with Gasteiger partial charge in [-0.1, -0.05) is 23.7 Å². The number of benzene rings is 2. The molecule has 2 heterocycles. The summed E-state index contributed by atoms with van der Waals surface area (Å²) >= 11 is 7.51. The molecule has 1 saturated heterocycles. The SMILES string of the molecule is COc1ccc(OC)c(S(=O)(=O)N2CCN(c3nc(-c4ccc(Cl)cc4)cs3)CC2)c1. The molecule has 4 rings (SSSR count). The molecule has 0 amide bonds. The van der Waals surface area contributed by atoms with Gasteiger partial charge < -0.3 is 14.4 Å². The number of sulfonamides is 1. The summed E-state index contributed by atoms with van der Waals surface area (Å²) in [4.78, 5) is 6.95. The number of piperazine rings is 1. The Morgan fingerprint density at radius 2 is 1.71 bits per heavy atom. The van der Waals surface area contributed by atoms with Gasteiger partial charge in [-0.05, 0) is 24.3 Å². The van der Waals surface area contributed by atoms with E-state index in [4.69, 9.17) is 26.1 Å². The molecule has 0 bridgehead atoms. The normalized spacial score (nSPS) is 15.1. The van der Waals surface area contributed by atoms with Crippen LogP contribution in [0.2, 0.25) is 5.02 Å². The van der Waals surface area contributed by atoms with Crippen molar-refractivity contribution in [2.24, 2.45) is 0 Å². The lowest BCUT2D eigenvalue weighted by molar-refractivity contribution is 0.370. The van der Waals surface area contributed by atoms with Gasteiger partial charge in [0.2, 0.25) is 10.0 Å². The Morgan fingerprint density at radius 3 is 2.35 bits per heavy atom. The van der Waals surface area contributed by atoms with Crippen LogP contribution >= 0.6 is 22.9 Å². The molecule has 2 aromatic carbocycles. The number of thiazole rings is 1. The average Bonchev–Trinajstić information content (AvgIpc) is 3.29. The summed E-state index contributed by atoms with van der Waals surface area (Å²) in [5.41, 5.74) is 1.88. The number of rotatable bonds is 6. The number of hydrogen-bond donors (Lipinski definition) is 0. The first-order chi connectivity index (χ1) is 14.9. The fraction of sp³-hybridized carbons (Fsp3) is 0.286. The number of anilines is 1. The number of ether oxygens (including phenoxy) is 2. The van der Waals surface area contributed by atoms with Crippen LogP contribution in [0, 0.1) is 0 Å². The minimum absolute atomic E-state index is 0.113. The maximum Gasteiger partial charge on any atom is 0.247 e. The van der Waals surface area contributed by atoms with Gasteiger partial charge in [-0.3, -0.25) is 0 Å². The van der Waals surface area contributed by atoms with E-state index in [0.717, 1.165) is 16.4 Å². The van der Waals surface area contributed by atoms with Crippen molar-refractivity contribution in [2.75, 3.05) is 45.3 Å². The molecule has 0 atom stereocenters. The molecule has 0 N–H and O–H groups in total. The molecule has 1 aliphatic heterocycles.